The van der Waals surface area contributed by atoms with Gasteiger partial charge >= 0.3 is 0 Å². The summed E-state index contributed by atoms with van der Waals surface area (Å²) in [5, 5.41) is 3.32. The van der Waals surface area contributed by atoms with Gasteiger partial charge in [0.2, 0.25) is 5.91 Å². The van der Waals surface area contributed by atoms with Crippen molar-refractivity contribution in [3.05, 3.63) is 87.9 Å². The molecule has 2 N–H and O–H groups in total. The van der Waals surface area contributed by atoms with Crippen molar-refractivity contribution in [1.82, 2.24) is 0 Å². The molecular weight excluding hydrogens is 467 g/mol. The van der Waals surface area contributed by atoms with Gasteiger partial charge in [-0.05, 0) is 65.9 Å². The van der Waals surface area contributed by atoms with Crippen molar-refractivity contribution < 1.29 is 13.2 Å². The van der Waals surface area contributed by atoms with E-state index in [4.69, 9.17) is 23.2 Å². The lowest BCUT2D eigenvalue weighted by Crippen LogP contribution is -2.15. The fourth-order valence-electron chi connectivity index (χ4n) is 3.07. The molecule has 0 aromatic heterocycles. The largest absolute Gasteiger partial charge is 0.326 e. The van der Waals surface area contributed by atoms with Gasteiger partial charge in [0.05, 0.1) is 21.4 Å². The third kappa shape index (κ3) is 6.25. The Kier molecular flexibility index (Phi) is 7.82. The number of sulfonamides is 1. The van der Waals surface area contributed by atoms with Gasteiger partial charge in [-0.25, -0.2) is 8.42 Å². The van der Waals surface area contributed by atoms with E-state index in [0.29, 0.717) is 11.6 Å². The lowest BCUT2D eigenvalue weighted by atomic mass is 9.98. The van der Waals surface area contributed by atoms with Crippen LogP contribution >= 0.6 is 23.2 Å². The molecule has 0 unspecified atom stereocenters. The number of rotatable bonds is 8. The summed E-state index contributed by atoms with van der Waals surface area (Å²) in [6, 6.07) is 18.6. The Morgan fingerprint density at radius 2 is 1.53 bits per heavy atom. The summed E-state index contributed by atoms with van der Waals surface area (Å²) in [6.07, 6.45) is 1.23. The minimum Gasteiger partial charge on any atom is -0.326 e. The van der Waals surface area contributed by atoms with E-state index in [1.54, 1.807) is 24.3 Å². The van der Waals surface area contributed by atoms with Crippen LogP contribution in [0.5, 0.6) is 0 Å². The fourth-order valence-corrected chi connectivity index (χ4v) is 4.52. The number of hydrogen-bond acceptors (Lipinski definition) is 3. The molecule has 0 bridgehead atoms. The van der Waals surface area contributed by atoms with E-state index in [1.807, 2.05) is 24.3 Å². The normalized spacial score (nSPS) is 12.2. The standard InChI is InChI=1S/C24H24Cl2N2O3S/c1-3-16(2)18-6-10-19(11-7-18)27-24(29)14-17-4-8-20(9-5-17)28-32(30,31)21-12-13-22(25)23(26)15-21/h4-13,15-16,28H,3,14H2,1-2H3,(H,27,29)/t16-/m0/s1. The second-order valence-electron chi connectivity index (χ2n) is 7.53. The van der Waals surface area contributed by atoms with E-state index in [1.165, 1.54) is 23.8 Å². The number of hydrogen-bond donors (Lipinski definition) is 2. The van der Waals surface area contributed by atoms with Crippen molar-refractivity contribution in [2.45, 2.75) is 37.5 Å². The SMILES string of the molecule is CC[C@H](C)c1ccc(NC(=O)Cc2ccc(NS(=O)(=O)c3ccc(Cl)c(Cl)c3)cc2)cc1. The Labute approximate surface area is 198 Å². The maximum Gasteiger partial charge on any atom is 0.261 e. The Morgan fingerprint density at radius 1 is 0.906 bits per heavy atom. The summed E-state index contributed by atoms with van der Waals surface area (Å²) in [6.45, 7) is 4.31. The summed E-state index contributed by atoms with van der Waals surface area (Å²) in [4.78, 5) is 12.4. The molecule has 0 spiro atoms. The first-order valence-corrected chi connectivity index (χ1v) is 12.4. The van der Waals surface area contributed by atoms with Gasteiger partial charge in [-0.3, -0.25) is 9.52 Å². The highest BCUT2D eigenvalue weighted by atomic mass is 35.5. The predicted octanol–water partition coefficient (Wildman–Crippen LogP) is 6.49. The second kappa shape index (κ2) is 10.4. The zero-order chi connectivity index (χ0) is 23.3. The highest BCUT2D eigenvalue weighted by Gasteiger charge is 2.16. The number of anilines is 2. The molecule has 0 heterocycles. The average Bonchev–Trinajstić information content (AvgIpc) is 2.76. The van der Waals surface area contributed by atoms with Crippen LogP contribution in [-0.4, -0.2) is 14.3 Å². The van der Waals surface area contributed by atoms with Crippen LogP contribution in [0.25, 0.3) is 0 Å². The fraction of sp³-hybridized carbons (Fsp3) is 0.208. The maximum atomic E-state index is 12.5. The monoisotopic (exact) mass is 490 g/mol. The summed E-state index contributed by atoms with van der Waals surface area (Å²) in [5.41, 5.74) is 3.12. The third-order valence-corrected chi connectivity index (χ3v) is 7.27. The highest BCUT2D eigenvalue weighted by molar-refractivity contribution is 7.92. The Morgan fingerprint density at radius 3 is 2.12 bits per heavy atom. The highest BCUT2D eigenvalue weighted by Crippen LogP contribution is 2.26. The molecule has 168 valence electrons. The van der Waals surface area contributed by atoms with Gasteiger partial charge in [-0.15, -0.1) is 0 Å². The first kappa shape index (κ1) is 24.1. The van der Waals surface area contributed by atoms with Crippen LogP contribution in [0.3, 0.4) is 0 Å². The van der Waals surface area contributed by atoms with Crippen LogP contribution in [0.1, 0.15) is 37.3 Å². The predicted molar refractivity (Wildman–Crippen MR) is 131 cm³/mol. The van der Waals surface area contributed by atoms with E-state index < -0.39 is 10.0 Å². The Hall–Kier alpha value is -2.54. The van der Waals surface area contributed by atoms with Gasteiger partial charge in [0.15, 0.2) is 0 Å². The van der Waals surface area contributed by atoms with Crippen LogP contribution in [0.2, 0.25) is 10.0 Å². The number of amides is 1. The number of carbonyl (C=O) groups is 1. The molecule has 0 radical (unpaired) electrons. The van der Waals surface area contributed by atoms with E-state index in [-0.39, 0.29) is 27.3 Å². The molecule has 3 aromatic carbocycles. The van der Waals surface area contributed by atoms with Crippen LogP contribution in [0, 0.1) is 0 Å². The van der Waals surface area contributed by atoms with E-state index in [2.05, 4.69) is 23.9 Å². The second-order valence-corrected chi connectivity index (χ2v) is 10.0. The van der Waals surface area contributed by atoms with Crippen LogP contribution < -0.4 is 10.0 Å². The van der Waals surface area contributed by atoms with Gasteiger partial charge in [0.1, 0.15) is 0 Å². The summed E-state index contributed by atoms with van der Waals surface area (Å²) in [5.74, 6) is 0.331. The molecular formula is C24H24Cl2N2O3S. The first-order chi connectivity index (χ1) is 15.2. The quantitative estimate of drug-likeness (QED) is 0.378. The molecule has 3 aromatic rings. The number of nitrogens with one attached hydrogen (secondary N) is 2. The van der Waals surface area contributed by atoms with Crippen molar-refractivity contribution in [3.8, 4) is 0 Å². The van der Waals surface area contributed by atoms with Gasteiger partial charge < -0.3 is 5.32 Å². The molecule has 32 heavy (non-hydrogen) atoms. The molecule has 0 aliphatic heterocycles. The first-order valence-electron chi connectivity index (χ1n) is 10.1. The summed E-state index contributed by atoms with van der Waals surface area (Å²) < 4.78 is 27.6. The number of halogens is 2. The smallest absolute Gasteiger partial charge is 0.261 e. The average molecular weight is 491 g/mol. The third-order valence-electron chi connectivity index (χ3n) is 5.15. The molecule has 0 saturated carbocycles. The molecule has 0 aliphatic carbocycles. The molecule has 1 atom stereocenters. The van der Waals surface area contributed by atoms with Crippen molar-refractivity contribution in [1.29, 1.82) is 0 Å². The summed E-state index contributed by atoms with van der Waals surface area (Å²) in [7, 11) is -3.81. The van der Waals surface area contributed by atoms with Crippen molar-refractivity contribution in [3.63, 3.8) is 0 Å². The molecule has 0 aliphatic rings. The van der Waals surface area contributed by atoms with E-state index in [9.17, 15) is 13.2 Å². The zero-order valence-electron chi connectivity index (χ0n) is 17.7. The zero-order valence-corrected chi connectivity index (χ0v) is 20.1. The molecule has 0 fully saturated rings. The van der Waals surface area contributed by atoms with E-state index in [0.717, 1.165) is 17.7 Å². The van der Waals surface area contributed by atoms with Gasteiger partial charge in [0.25, 0.3) is 10.0 Å². The maximum absolute atomic E-state index is 12.5. The van der Waals surface area contributed by atoms with Crippen LogP contribution in [-0.2, 0) is 21.2 Å². The molecule has 1 amide bonds. The summed E-state index contributed by atoms with van der Waals surface area (Å²) >= 11 is 11.8. The lowest BCUT2D eigenvalue weighted by Gasteiger charge is -2.11. The van der Waals surface area contributed by atoms with Crippen molar-refractivity contribution in [2.24, 2.45) is 0 Å². The molecule has 8 heteroatoms. The van der Waals surface area contributed by atoms with Gasteiger partial charge in [-0.1, -0.05) is 61.3 Å². The van der Waals surface area contributed by atoms with Crippen LogP contribution in [0.4, 0.5) is 11.4 Å². The topological polar surface area (TPSA) is 75.3 Å². The van der Waals surface area contributed by atoms with Crippen LogP contribution in [0.15, 0.2) is 71.6 Å². The van der Waals surface area contributed by atoms with Crippen molar-refractivity contribution >= 4 is 50.5 Å². The Balaban J connectivity index is 1.60. The number of benzene rings is 3. The Bertz CT molecular complexity index is 1190. The number of carbonyl (C=O) groups excluding carboxylic acids is 1. The molecule has 3 rings (SSSR count). The lowest BCUT2D eigenvalue weighted by molar-refractivity contribution is -0.115. The minimum absolute atomic E-state index is 0.00898. The molecule has 0 saturated heterocycles. The minimum atomic E-state index is -3.81. The van der Waals surface area contributed by atoms with Crippen molar-refractivity contribution in [2.75, 3.05) is 10.0 Å². The van der Waals surface area contributed by atoms with E-state index >= 15 is 0 Å². The van der Waals surface area contributed by atoms with Gasteiger partial charge in [-0.2, -0.15) is 0 Å². The van der Waals surface area contributed by atoms with Gasteiger partial charge in [0, 0.05) is 11.4 Å². The molecule has 5 nitrogen and oxygen atoms in total.